The van der Waals surface area contributed by atoms with Crippen molar-refractivity contribution in [2.45, 2.75) is 25.9 Å². The van der Waals surface area contributed by atoms with Gasteiger partial charge in [-0.3, -0.25) is 0 Å². The van der Waals surface area contributed by atoms with E-state index < -0.39 is 5.60 Å². The van der Waals surface area contributed by atoms with Crippen molar-refractivity contribution >= 4 is 0 Å². The number of phenolic OH excluding ortho intramolecular Hbond substituents is 2. The molecule has 2 rings (SSSR count). The van der Waals surface area contributed by atoms with Crippen LogP contribution in [0, 0.1) is 6.92 Å². The summed E-state index contributed by atoms with van der Waals surface area (Å²) in [5, 5.41) is 29.3. The predicted molar refractivity (Wildman–Crippen MR) is 54.2 cm³/mol. The number of ether oxygens (including phenoxy) is 1. The second-order valence-corrected chi connectivity index (χ2v) is 4.12. The van der Waals surface area contributed by atoms with E-state index in [1.54, 1.807) is 13.8 Å². The fourth-order valence-corrected chi connectivity index (χ4v) is 1.91. The molecule has 1 aliphatic rings. The van der Waals surface area contributed by atoms with Gasteiger partial charge >= 0.3 is 0 Å². The van der Waals surface area contributed by atoms with E-state index in [2.05, 4.69) is 0 Å². The fourth-order valence-electron chi connectivity index (χ4n) is 1.91. The van der Waals surface area contributed by atoms with E-state index in [9.17, 15) is 15.3 Å². The molecule has 82 valence electrons. The molecule has 4 heteroatoms. The predicted octanol–water partition coefficient (Wildman–Crippen LogP) is 1.40. The molecule has 1 aromatic carbocycles. The summed E-state index contributed by atoms with van der Waals surface area (Å²) in [6.45, 7) is 3.70. The molecule has 0 saturated heterocycles. The molecule has 0 aromatic heterocycles. The van der Waals surface area contributed by atoms with Crippen LogP contribution < -0.4 is 4.74 Å². The van der Waals surface area contributed by atoms with Gasteiger partial charge in [0.05, 0.1) is 17.8 Å². The molecule has 1 heterocycles. The third kappa shape index (κ3) is 1.41. The van der Waals surface area contributed by atoms with Gasteiger partial charge in [-0.2, -0.15) is 0 Å². The van der Waals surface area contributed by atoms with Crippen LogP contribution >= 0.6 is 0 Å². The molecule has 0 bridgehead atoms. The van der Waals surface area contributed by atoms with E-state index in [1.807, 2.05) is 0 Å². The number of benzene rings is 1. The van der Waals surface area contributed by atoms with E-state index in [0.717, 1.165) is 0 Å². The first-order valence-corrected chi connectivity index (χ1v) is 4.84. The highest BCUT2D eigenvalue weighted by molar-refractivity contribution is 5.58. The van der Waals surface area contributed by atoms with Crippen molar-refractivity contribution in [2.75, 3.05) is 6.61 Å². The number of fused-ring (bicyclic) bond motifs is 1. The Bertz CT molecular complexity index is 410. The number of aromatic hydroxyl groups is 2. The van der Waals surface area contributed by atoms with Crippen molar-refractivity contribution in [3.05, 3.63) is 17.2 Å². The Morgan fingerprint density at radius 3 is 2.67 bits per heavy atom. The van der Waals surface area contributed by atoms with Crippen molar-refractivity contribution in [1.29, 1.82) is 0 Å². The molecule has 3 N–H and O–H groups in total. The zero-order chi connectivity index (χ0) is 11.2. The number of hydrogen-bond acceptors (Lipinski definition) is 4. The lowest BCUT2D eigenvalue weighted by Gasteiger charge is -2.32. The Hall–Kier alpha value is -1.42. The maximum atomic E-state index is 10.1. The highest BCUT2D eigenvalue weighted by Crippen LogP contribution is 2.46. The molecule has 0 spiro atoms. The molecular weight excluding hydrogens is 196 g/mol. The Morgan fingerprint density at radius 2 is 2.00 bits per heavy atom. The first kappa shape index (κ1) is 10.1. The third-order valence-corrected chi connectivity index (χ3v) is 2.86. The van der Waals surface area contributed by atoms with Crippen LogP contribution in [0.4, 0.5) is 0 Å². The Kier molecular flexibility index (Phi) is 2.04. The third-order valence-electron chi connectivity index (χ3n) is 2.86. The van der Waals surface area contributed by atoms with E-state index in [-0.39, 0.29) is 11.5 Å². The first-order valence-electron chi connectivity index (χ1n) is 4.84. The summed E-state index contributed by atoms with van der Waals surface area (Å²) < 4.78 is 5.37. The van der Waals surface area contributed by atoms with Gasteiger partial charge in [-0.1, -0.05) is 0 Å². The fraction of sp³-hybridized carbons (Fsp3) is 0.455. The topological polar surface area (TPSA) is 69.9 Å². The molecule has 4 nitrogen and oxygen atoms in total. The normalized spacial score (nSPS) is 24.5. The molecule has 0 aliphatic carbocycles. The van der Waals surface area contributed by atoms with Crippen LogP contribution in [0.25, 0.3) is 0 Å². The first-order chi connectivity index (χ1) is 6.93. The van der Waals surface area contributed by atoms with Crippen LogP contribution in [0.3, 0.4) is 0 Å². The van der Waals surface area contributed by atoms with Gasteiger partial charge in [-0.25, -0.2) is 0 Å². The van der Waals surface area contributed by atoms with Gasteiger partial charge in [0.25, 0.3) is 0 Å². The lowest BCUT2D eigenvalue weighted by Crippen LogP contribution is -2.29. The summed E-state index contributed by atoms with van der Waals surface area (Å²) in [5.74, 6) is 0.241. The standard InChI is InChI=1S/C11H14O4/c1-6-7(12)5-8(13)9-10(6)15-4-3-11(9,2)14/h5,12-14H,3-4H2,1-2H3. The average molecular weight is 210 g/mol. The number of aliphatic hydroxyl groups is 1. The van der Waals surface area contributed by atoms with Crippen LogP contribution in [-0.2, 0) is 5.60 Å². The summed E-state index contributed by atoms with van der Waals surface area (Å²) >= 11 is 0. The van der Waals surface area contributed by atoms with Crippen molar-refractivity contribution in [2.24, 2.45) is 0 Å². The monoisotopic (exact) mass is 210 g/mol. The molecular formula is C11H14O4. The average Bonchev–Trinajstić information content (AvgIpc) is 2.12. The van der Waals surface area contributed by atoms with Crippen LogP contribution in [0.1, 0.15) is 24.5 Å². The molecule has 1 unspecified atom stereocenters. The van der Waals surface area contributed by atoms with E-state index in [4.69, 9.17) is 4.74 Å². The zero-order valence-electron chi connectivity index (χ0n) is 8.74. The molecule has 0 amide bonds. The van der Waals surface area contributed by atoms with Crippen LogP contribution in [-0.4, -0.2) is 21.9 Å². The molecule has 1 aromatic rings. The molecule has 1 aliphatic heterocycles. The van der Waals surface area contributed by atoms with E-state index in [0.29, 0.717) is 29.9 Å². The lowest BCUT2D eigenvalue weighted by atomic mass is 9.87. The lowest BCUT2D eigenvalue weighted by molar-refractivity contribution is 0.0119. The van der Waals surface area contributed by atoms with Gasteiger partial charge in [0, 0.05) is 18.1 Å². The maximum absolute atomic E-state index is 10.1. The van der Waals surface area contributed by atoms with E-state index in [1.165, 1.54) is 6.07 Å². The minimum absolute atomic E-state index is 0.0241. The van der Waals surface area contributed by atoms with Gasteiger partial charge < -0.3 is 20.1 Å². The van der Waals surface area contributed by atoms with Crippen molar-refractivity contribution in [1.82, 2.24) is 0 Å². The molecule has 15 heavy (non-hydrogen) atoms. The smallest absolute Gasteiger partial charge is 0.135 e. The molecule has 1 atom stereocenters. The quantitative estimate of drug-likeness (QED) is 0.605. The van der Waals surface area contributed by atoms with Crippen LogP contribution in [0.2, 0.25) is 0 Å². The number of rotatable bonds is 0. The minimum atomic E-state index is -1.10. The van der Waals surface area contributed by atoms with Crippen molar-refractivity contribution in [3.8, 4) is 17.2 Å². The highest BCUT2D eigenvalue weighted by Gasteiger charge is 2.35. The Morgan fingerprint density at radius 1 is 1.33 bits per heavy atom. The Balaban J connectivity index is 2.72. The van der Waals surface area contributed by atoms with Gasteiger partial charge in [0.1, 0.15) is 17.2 Å². The molecule has 0 fully saturated rings. The molecule has 0 saturated carbocycles. The van der Waals surface area contributed by atoms with Gasteiger partial charge in [-0.05, 0) is 13.8 Å². The van der Waals surface area contributed by atoms with Crippen LogP contribution in [0.5, 0.6) is 17.2 Å². The summed E-state index contributed by atoms with van der Waals surface area (Å²) in [7, 11) is 0. The Labute approximate surface area is 87.7 Å². The second-order valence-electron chi connectivity index (χ2n) is 4.12. The highest BCUT2D eigenvalue weighted by atomic mass is 16.5. The van der Waals surface area contributed by atoms with Gasteiger partial charge in [0.2, 0.25) is 0 Å². The summed E-state index contributed by atoms with van der Waals surface area (Å²) in [6, 6.07) is 1.23. The zero-order valence-corrected chi connectivity index (χ0v) is 8.74. The summed E-state index contributed by atoms with van der Waals surface area (Å²) in [6.07, 6.45) is 0.428. The molecule has 0 radical (unpaired) electrons. The largest absolute Gasteiger partial charge is 0.507 e. The van der Waals surface area contributed by atoms with E-state index >= 15 is 0 Å². The van der Waals surface area contributed by atoms with Crippen LogP contribution in [0.15, 0.2) is 6.07 Å². The maximum Gasteiger partial charge on any atom is 0.135 e. The summed E-state index contributed by atoms with van der Waals surface area (Å²) in [5.41, 5.74) is -0.192. The van der Waals surface area contributed by atoms with Gasteiger partial charge in [0.15, 0.2) is 0 Å². The van der Waals surface area contributed by atoms with Crippen molar-refractivity contribution in [3.63, 3.8) is 0 Å². The van der Waals surface area contributed by atoms with Gasteiger partial charge in [-0.15, -0.1) is 0 Å². The minimum Gasteiger partial charge on any atom is -0.507 e. The number of hydrogen-bond donors (Lipinski definition) is 3. The number of phenols is 2. The second kappa shape index (κ2) is 3.03. The van der Waals surface area contributed by atoms with Crippen molar-refractivity contribution < 1.29 is 20.1 Å². The SMILES string of the molecule is Cc1c(O)cc(O)c2c1OCCC2(C)O. The summed E-state index contributed by atoms with van der Waals surface area (Å²) in [4.78, 5) is 0.